The maximum absolute atomic E-state index is 5.97. The Bertz CT molecular complexity index is 1330. The molecule has 0 aliphatic rings. The van der Waals surface area contributed by atoms with Crippen LogP contribution in [-0.4, -0.2) is 0 Å². The van der Waals surface area contributed by atoms with Crippen LogP contribution in [-0.2, 0) is 0 Å². The molecule has 168 valence electrons. The van der Waals surface area contributed by atoms with Gasteiger partial charge in [0.2, 0.25) is 0 Å². The largest absolute Gasteiger partial charge is 0.356 e. The van der Waals surface area contributed by atoms with E-state index in [0.29, 0.717) is 0 Å². The molecular formula is C31H27ClN2. The van der Waals surface area contributed by atoms with E-state index >= 15 is 0 Å². The van der Waals surface area contributed by atoms with Crippen LogP contribution in [0.25, 0.3) is 17.3 Å². The highest BCUT2D eigenvalue weighted by molar-refractivity contribution is 6.30. The average Bonchev–Trinajstić information content (AvgIpc) is 2.85. The number of rotatable bonds is 8. The summed E-state index contributed by atoms with van der Waals surface area (Å²) in [6.45, 7) is 14.6. The Morgan fingerprint density at radius 2 is 1.29 bits per heavy atom. The van der Waals surface area contributed by atoms with Gasteiger partial charge in [-0.15, -0.1) is 0 Å². The summed E-state index contributed by atoms with van der Waals surface area (Å²) in [5.74, 6) is 0. The van der Waals surface area contributed by atoms with Crippen molar-refractivity contribution in [2.45, 2.75) is 6.92 Å². The van der Waals surface area contributed by atoms with Gasteiger partial charge in [0.1, 0.15) is 0 Å². The van der Waals surface area contributed by atoms with E-state index < -0.39 is 0 Å². The Balaban J connectivity index is 1.53. The van der Waals surface area contributed by atoms with Crippen molar-refractivity contribution in [1.29, 1.82) is 0 Å². The topological polar surface area (TPSA) is 24.1 Å². The molecule has 3 heteroatoms. The molecule has 0 fully saturated rings. The molecule has 0 saturated carbocycles. The molecule has 0 bridgehead atoms. The second kappa shape index (κ2) is 10.3. The van der Waals surface area contributed by atoms with Gasteiger partial charge in [-0.2, -0.15) is 0 Å². The Kier molecular flexibility index (Phi) is 7.01. The van der Waals surface area contributed by atoms with Crippen molar-refractivity contribution >= 4 is 46.0 Å². The zero-order valence-corrected chi connectivity index (χ0v) is 20.0. The summed E-state index contributed by atoms with van der Waals surface area (Å²) in [4.78, 5) is 0. The maximum atomic E-state index is 5.97. The third kappa shape index (κ3) is 5.67. The van der Waals surface area contributed by atoms with E-state index in [2.05, 4.69) is 91.9 Å². The summed E-state index contributed by atoms with van der Waals surface area (Å²) in [5, 5.41) is 7.54. The van der Waals surface area contributed by atoms with Crippen molar-refractivity contribution in [3.8, 4) is 0 Å². The third-order valence-corrected chi connectivity index (χ3v) is 5.85. The van der Waals surface area contributed by atoms with Crippen LogP contribution in [0.1, 0.15) is 27.8 Å². The third-order valence-electron chi connectivity index (χ3n) is 5.60. The first kappa shape index (κ1) is 23.2. The van der Waals surface area contributed by atoms with E-state index in [1.165, 1.54) is 5.56 Å². The van der Waals surface area contributed by atoms with Gasteiger partial charge in [-0.1, -0.05) is 79.4 Å². The first-order chi connectivity index (χ1) is 16.4. The standard InChI is InChI=1S/C31H27ClN2/c1-5-24-18-27(20-31(19-24)33-23(4)26-8-6-21(2)7-9-26)22(3)25-10-14-29(15-11-25)34-30-16-12-28(32)13-17-30/h5-20,33-34H,1,3-4H2,2H3. The van der Waals surface area contributed by atoms with Crippen molar-refractivity contribution in [3.05, 3.63) is 144 Å². The van der Waals surface area contributed by atoms with Gasteiger partial charge in [0, 0.05) is 27.8 Å². The van der Waals surface area contributed by atoms with Crippen LogP contribution in [0.2, 0.25) is 5.02 Å². The molecule has 0 unspecified atom stereocenters. The Labute approximate surface area is 206 Å². The van der Waals surface area contributed by atoms with Crippen molar-refractivity contribution in [2.24, 2.45) is 0 Å². The molecule has 2 N–H and O–H groups in total. The zero-order chi connectivity index (χ0) is 24.1. The molecule has 4 rings (SSSR count). The van der Waals surface area contributed by atoms with Gasteiger partial charge in [-0.3, -0.25) is 0 Å². The lowest BCUT2D eigenvalue weighted by Crippen LogP contribution is -1.99. The number of anilines is 3. The van der Waals surface area contributed by atoms with E-state index in [0.717, 1.165) is 55.6 Å². The molecule has 0 aromatic heterocycles. The minimum atomic E-state index is 0.718. The van der Waals surface area contributed by atoms with Crippen LogP contribution in [0.3, 0.4) is 0 Å². The molecular weight excluding hydrogens is 436 g/mol. The second-order valence-electron chi connectivity index (χ2n) is 8.21. The normalized spacial score (nSPS) is 10.4. The minimum Gasteiger partial charge on any atom is -0.356 e. The summed E-state index contributed by atoms with van der Waals surface area (Å²) in [6.07, 6.45) is 1.84. The lowest BCUT2D eigenvalue weighted by Gasteiger charge is -2.15. The number of halogens is 1. The Hall–Kier alpha value is -4.01. The molecule has 4 aromatic carbocycles. The predicted molar refractivity (Wildman–Crippen MR) is 150 cm³/mol. The monoisotopic (exact) mass is 462 g/mol. The predicted octanol–water partition coefficient (Wildman–Crippen LogP) is 9.18. The van der Waals surface area contributed by atoms with Gasteiger partial charge in [-0.05, 0) is 89.3 Å². The Morgan fingerprint density at radius 3 is 1.91 bits per heavy atom. The molecule has 0 amide bonds. The quantitative estimate of drug-likeness (QED) is 0.272. The first-order valence-electron chi connectivity index (χ1n) is 11.0. The van der Waals surface area contributed by atoms with Crippen LogP contribution < -0.4 is 10.6 Å². The average molecular weight is 463 g/mol. The van der Waals surface area contributed by atoms with Gasteiger partial charge in [0.15, 0.2) is 0 Å². The van der Waals surface area contributed by atoms with Gasteiger partial charge < -0.3 is 10.6 Å². The SMILES string of the molecule is C=Cc1cc(NC(=C)c2ccc(C)cc2)cc(C(=C)c2ccc(Nc3ccc(Cl)cc3)cc2)c1. The van der Waals surface area contributed by atoms with Gasteiger partial charge in [0.05, 0.1) is 0 Å². The van der Waals surface area contributed by atoms with Crippen molar-refractivity contribution < 1.29 is 0 Å². The Morgan fingerprint density at radius 1 is 0.706 bits per heavy atom. The summed E-state index contributed by atoms with van der Waals surface area (Å²) < 4.78 is 0. The number of hydrogen-bond acceptors (Lipinski definition) is 2. The van der Waals surface area contributed by atoms with Crippen molar-refractivity contribution in [1.82, 2.24) is 0 Å². The molecule has 0 saturated heterocycles. The summed E-state index contributed by atoms with van der Waals surface area (Å²) >= 11 is 5.97. The van der Waals surface area contributed by atoms with Crippen LogP contribution >= 0.6 is 11.6 Å². The van der Waals surface area contributed by atoms with Crippen LogP contribution in [0.15, 0.2) is 111 Å². The fourth-order valence-electron chi connectivity index (χ4n) is 3.64. The maximum Gasteiger partial charge on any atom is 0.0407 e. The zero-order valence-electron chi connectivity index (χ0n) is 19.2. The molecule has 0 spiro atoms. The smallest absolute Gasteiger partial charge is 0.0407 e. The van der Waals surface area contributed by atoms with Gasteiger partial charge >= 0.3 is 0 Å². The van der Waals surface area contributed by atoms with E-state index in [4.69, 9.17) is 11.6 Å². The van der Waals surface area contributed by atoms with E-state index in [1.807, 2.05) is 42.5 Å². The highest BCUT2D eigenvalue weighted by Crippen LogP contribution is 2.29. The van der Waals surface area contributed by atoms with Crippen LogP contribution in [0.4, 0.5) is 17.1 Å². The summed E-state index contributed by atoms with van der Waals surface area (Å²) in [5.41, 5.74) is 10.1. The van der Waals surface area contributed by atoms with Crippen LogP contribution in [0, 0.1) is 6.92 Å². The molecule has 0 atom stereocenters. The minimum absolute atomic E-state index is 0.718. The van der Waals surface area contributed by atoms with Crippen molar-refractivity contribution in [2.75, 3.05) is 10.6 Å². The number of hydrogen-bond donors (Lipinski definition) is 2. The fourth-order valence-corrected chi connectivity index (χ4v) is 3.76. The number of benzene rings is 4. The number of aryl methyl sites for hydroxylation is 1. The molecule has 2 nitrogen and oxygen atoms in total. The molecule has 34 heavy (non-hydrogen) atoms. The second-order valence-corrected chi connectivity index (χ2v) is 8.64. The lowest BCUT2D eigenvalue weighted by molar-refractivity contribution is 1.44. The van der Waals surface area contributed by atoms with Gasteiger partial charge in [0.25, 0.3) is 0 Å². The highest BCUT2D eigenvalue weighted by Gasteiger charge is 2.08. The molecule has 0 radical (unpaired) electrons. The molecule has 4 aromatic rings. The molecule has 0 aliphatic heterocycles. The van der Waals surface area contributed by atoms with E-state index in [-0.39, 0.29) is 0 Å². The van der Waals surface area contributed by atoms with Crippen LogP contribution in [0.5, 0.6) is 0 Å². The molecule has 0 aliphatic carbocycles. The number of nitrogens with one attached hydrogen (secondary N) is 2. The first-order valence-corrected chi connectivity index (χ1v) is 11.4. The lowest BCUT2D eigenvalue weighted by atomic mass is 9.97. The van der Waals surface area contributed by atoms with Crippen molar-refractivity contribution in [3.63, 3.8) is 0 Å². The highest BCUT2D eigenvalue weighted by atomic mass is 35.5. The fraction of sp³-hybridized carbons (Fsp3) is 0.0323. The van der Waals surface area contributed by atoms with E-state index in [9.17, 15) is 0 Å². The van der Waals surface area contributed by atoms with Gasteiger partial charge in [-0.25, -0.2) is 0 Å². The van der Waals surface area contributed by atoms with E-state index in [1.54, 1.807) is 0 Å². The molecule has 0 heterocycles. The summed E-state index contributed by atoms with van der Waals surface area (Å²) in [6, 6.07) is 30.4. The summed E-state index contributed by atoms with van der Waals surface area (Å²) in [7, 11) is 0.